The Morgan fingerprint density at radius 2 is 0.329 bits per heavy atom. The molecule has 4 aliphatic rings. The van der Waals surface area contributed by atoms with Crippen LogP contribution in [0.5, 0.6) is 0 Å². The van der Waals surface area contributed by atoms with E-state index in [0.717, 1.165) is 105 Å². The van der Waals surface area contributed by atoms with E-state index in [1.54, 1.807) is 0 Å². The molecule has 4 heterocycles. The molecule has 0 saturated carbocycles. The second-order valence-electron chi connectivity index (χ2n) is 27.8. The third-order valence-corrected chi connectivity index (χ3v) is 19.6. The standard InChI is InChI=1S/4C17H35O3P.Ni/c4*1-4-5-6-7-8-9-10-11-12-13-14-18-21-19-15-17(2,3)16-20-21;/h4*4-16H2,1-3H3;. The maximum Gasteiger partial charge on any atom is 0.332 e. The summed E-state index contributed by atoms with van der Waals surface area (Å²) in [6, 6.07) is 0. The quantitative estimate of drug-likeness (QED) is 0.0329. The van der Waals surface area contributed by atoms with Crippen LogP contribution in [0, 0.1) is 21.7 Å². The summed E-state index contributed by atoms with van der Waals surface area (Å²) >= 11 is 0. The van der Waals surface area contributed by atoms with Gasteiger partial charge < -0.3 is 54.3 Å². The maximum atomic E-state index is 5.67. The monoisotopic (exact) mass is 1330 g/mol. The fourth-order valence-electron chi connectivity index (χ4n) is 9.35. The molecule has 17 heteroatoms. The summed E-state index contributed by atoms with van der Waals surface area (Å²) in [4.78, 5) is 0. The molecule has 12 nitrogen and oxygen atoms in total. The van der Waals surface area contributed by atoms with Crippen LogP contribution >= 0.6 is 34.4 Å². The molecule has 4 fully saturated rings. The van der Waals surface area contributed by atoms with Gasteiger partial charge in [0, 0.05) is 38.2 Å². The van der Waals surface area contributed by atoms with Gasteiger partial charge in [0.15, 0.2) is 0 Å². The minimum absolute atomic E-state index is 0. The average Bonchev–Trinajstić information content (AvgIpc) is 3.47. The molecule has 0 aliphatic carbocycles. The Bertz CT molecular complexity index is 1150. The van der Waals surface area contributed by atoms with Gasteiger partial charge in [-0.15, -0.1) is 0 Å². The van der Waals surface area contributed by atoms with Gasteiger partial charge in [0.25, 0.3) is 0 Å². The molecule has 4 saturated heterocycles. The number of hydrogen-bond acceptors (Lipinski definition) is 12. The van der Waals surface area contributed by atoms with Crippen molar-refractivity contribution < 1.29 is 70.8 Å². The van der Waals surface area contributed by atoms with Crippen LogP contribution in [0.2, 0.25) is 0 Å². The average molecular weight is 1330 g/mol. The van der Waals surface area contributed by atoms with Crippen molar-refractivity contribution in [1.29, 1.82) is 0 Å². The Morgan fingerprint density at radius 3 is 0.459 bits per heavy atom. The summed E-state index contributed by atoms with van der Waals surface area (Å²) in [5.41, 5.74) is 0.553. The first-order chi connectivity index (χ1) is 40.6. The van der Waals surface area contributed by atoms with E-state index in [-0.39, 0.29) is 38.2 Å². The molecule has 0 aromatic heterocycles. The van der Waals surface area contributed by atoms with Crippen LogP contribution in [-0.2, 0) is 70.8 Å². The van der Waals surface area contributed by atoms with Crippen LogP contribution in [-0.4, -0.2) is 79.3 Å². The van der Waals surface area contributed by atoms with Crippen molar-refractivity contribution >= 4 is 34.4 Å². The van der Waals surface area contributed by atoms with E-state index >= 15 is 0 Å². The first-order valence-corrected chi connectivity index (χ1v) is 39.7. The molecule has 0 N–H and O–H groups in total. The summed E-state index contributed by atoms with van der Waals surface area (Å²) in [6.45, 7) is 35.4. The molecule has 0 aromatic rings. The van der Waals surface area contributed by atoms with Crippen molar-refractivity contribution in [3.05, 3.63) is 0 Å². The van der Waals surface area contributed by atoms with Crippen LogP contribution in [0.4, 0.5) is 0 Å². The normalized spacial score (nSPS) is 18.8. The summed E-state index contributed by atoms with van der Waals surface area (Å²) in [5.74, 6) is 0. The third-order valence-electron chi connectivity index (χ3n) is 15.3. The third kappa shape index (κ3) is 58.1. The molecule has 85 heavy (non-hydrogen) atoms. The minimum Gasteiger partial charge on any atom is -0.312 e. The van der Waals surface area contributed by atoms with Gasteiger partial charge in [0.05, 0.1) is 79.3 Å². The van der Waals surface area contributed by atoms with Gasteiger partial charge in [-0.1, -0.05) is 314 Å². The van der Waals surface area contributed by atoms with Gasteiger partial charge >= 0.3 is 34.4 Å². The Labute approximate surface area is 543 Å². The smallest absolute Gasteiger partial charge is 0.312 e. The van der Waals surface area contributed by atoms with E-state index in [2.05, 4.69) is 83.1 Å². The van der Waals surface area contributed by atoms with Crippen LogP contribution < -0.4 is 0 Å². The maximum absolute atomic E-state index is 5.67. The zero-order valence-electron chi connectivity index (χ0n) is 57.8. The SMILES string of the molecule is CCCCCCCCCCCCOP1OCC(C)(C)CO1.CCCCCCCCCCCCOP1OCC(C)(C)CO1.CCCCCCCCCCCCOP1OCC(C)(C)CO1.CCCCCCCCCCCCOP1OCC(C)(C)CO1.[Ni]. The molecule has 0 aromatic carbocycles. The zero-order valence-corrected chi connectivity index (χ0v) is 62.3. The van der Waals surface area contributed by atoms with E-state index in [1.807, 2.05) is 0 Å². The zero-order chi connectivity index (χ0) is 61.6. The molecule has 0 atom stereocenters. The summed E-state index contributed by atoms with van der Waals surface area (Å²) in [7, 11) is -4.27. The molecule has 0 spiro atoms. The Balaban J connectivity index is 0.00000110. The fraction of sp³-hybridized carbons (Fsp3) is 1.00. The van der Waals surface area contributed by atoms with Crippen molar-refractivity contribution in [1.82, 2.24) is 0 Å². The van der Waals surface area contributed by atoms with E-state index in [0.29, 0.717) is 0 Å². The predicted molar refractivity (Wildman–Crippen MR) is 362 cm³/mol. The first-order valence-electron chi connectivity index (χ1n) is 35.3. The van der Waals surface area contributed by atoms with Crippen molar-refractivity contribution in [2.24, 2.45) is 21.7 Å². The molecule has 0 amide bonds. The predicted octanol–water partition coefficient (Wildman–Crippen LogP) is 24.9. The number of unbranched alkanes of at least 4 members (excludes halogenated alkanes) is 36. The van der Waals surface area contributed by atoms with Gasteiger partial charge in [-0.05, 0) is 25.7 Å². The molecular formula is C68H140NiO12P4. The second-order valence-corrected chi connectivity index (χ2v) is 32.7. The number of hydrogen-bond donors (Lipinski definition) is 0. The van der Waals surface area contributed by atoms with Gasteiger partial charge in [-0.25, -0.2) is 0 Å². The fourth-order valence-corrected chi connectivity index (χ4v) is 15.0. The first kappa shape index (κ1) is 86.7. The van der Waals surface area contributed by atoms with Crippen LogP contribution in [0.25, 0.3) is 0 Å². The van der Waals surface area contributed by atoms with Gasteiger partial charge in [0.1, 0.15) is 0 Å². The largest absolute Gasteiger partial charge is 0.332 e. The topological polar surface area (TPSA) is 111 Å². The Morgan fingerprint density at radius 1 is 0.212 bits per heavy atom. The van der Waals surface area contributed by atoms with Gasteiger partial charge in [-0.2, -0.15) is 0 Å². The minimum atomic E-state index is -1.07. The summed E-state index contributed by atoms with van der Waals surface area (Å²) < 4.78 is 67.5. The molecule has 0 radical (unpaired) electrons. The van der Waals surface area contributed by atoms with Crippen molar-refractivity contribution in [3.8, 4) is 0 Å². The summed E-state index contributed by atoms with van der Waals surface area (Å²) in [6.07, 6.45) is 54.1. The molecule has 0 unspecified atom stereocenters. The Kier molecular flexibility index (Phi) is 60.7. The van der Waals surface area contributed by atoms with Crippen molar-refractivity contribution in [2.45, 2.75) is 340 Å². The summed E-state index contributed by atoms with van der Waals surface area (Å²) in [5, 5.41) is 0. The Hall–Kier alpha value is 1.73. The molecule has 0 bridgehead atoms. The van der Waals surface area contributed by atoms with E-state index < -0.39 is 34.4 Å². The van der Waals surface area contributed by atoms with Crippen LogP contribution in [0.15, 0.2) is 0 Å². The van der Waals surface area contributed by atoms with Gasteiger partial charge in [-0.3, -0.25) is 0 Å². The molecule has 514 valence electrons. The van der Waals surface area contributed by atoms with Crippen LogP contribution in [0.3, 0.4) is 0 Å². The van der Waals surface area contributed by atoms with Gasteiger partial charge in [0.2, 0.25) is 0 Å². The van der Waals surface area contributed by atoms with Crippen LogP contribution in [0.1, 0.15) is 340 Å². The second kappa shape index (κ2) is 59.5. The molecular weight excluding hydrogens is 1190 g/mol. The number of rotatable bonds is 48. The van der Waals surface area contributed by atoms with E-state index in [9.17, 15) is 0 Å². The van der Waals surface area contributed by atoms with Crippen molar-refractivity contribution in [2.75, 3.05) is 79.3 Å². The van der Waals surface area contributed by atoms with Crippen molar-refractivity contribution in [3.63, 3.8) is 0 Å². The van der Waals surface area contributed by atoms with E-state index in [1.165, 1.54) is 231 Å². The van der Waals surface area contributed by atoms with E-state index in [4.69, 9.17) is 54.3 Å². The molecule has 4 aliphatic heterocycles. The molecule has 4 rings (SSSR count).